The summed E-state index contributed by atoms with van der Waals surface area (Å²) >= 11 is 9.11. The van der Waals surface area contributed by atoms with E-state index in [1.54, 1.807) is 0 Å². The number of halogens is 8. The van der Waals surface area contributed by atoms with Gasteiger partial charge in [-0.2, -0.15) is 26.3 Å². The lowest BCUT2D eigenvalue weighted by Gasteiger charge is -2.26. The smallest absolute Gasteiger partial charge is 0.323 e. The van der Waals surface area contributed by atoms with E-state index in [4.69, 9.17) is 17.3 Å². The van der Waals surface area contributed by atoms with Crippen molar-refractivity contribution >= 4 is 27.5 Å². The van der Waals surface area contributed by atoms with E-state index in [1.165, 1.54) is 30.5 Å². The molecule has 0 aliphatic rings. The highest BCUT2D eigenvalue weighted by Gasteiger charge is 2.35. The van der Waals surface area contributed by atoms with Crippen LogP contribution in [0.2, 0.25) is 5.28 Å². The summed E-state index contributed by atoms with van der Waals surface area (Å²) in [5, 5.41) is -0.189. The van der Waals surface area contributed by atoms with Crippen molar-refractivity contribution in [3.8, 4) is 0 Å². The van der Waals surface area contributed by atoms with Gasteiger partial charge in [-0.3, -0.25) is 0 Å². The molecular weight excluding hydrogens is 512 g/mol. The Morgan fingerprint density at radius 1 is 0.871 bits per heavy atom. The van der Waals surface area contributed by atoms with Gasteiger partial charge in [-0.15, -0.1) is 0 Å². The lowest BCUT2D eigenvalue weighted by atomic mass is 9.84. The van der Waals surface area contributed by atoms with Gasteiger partial charge in [0.2, 0.25) is 5.28 Å². The summed E-state index contributed by atoms with van der Waals surface area (Å²) in [4.78, 5) is 7.87. The summed E-state index contributed by atoms with van der Waals surface area (Å²) in [5.41, 5.74) is 4.78. The Morgan fingerprint density at radius 3 is 1.94 bits per heavy atom. The van der Waals surface area contributed by atoms with Crippen LogP contribution >= 0.6 is 27.5 Å². The molecular formula is C20H13BrClF6N3. The third-order valence-corrected chi connectivity index (χ3v) is 5.36. The lowest BCUT2D eigenvalue weighted by molar-refractivity contribution is -0.138. The van der Waals surface area contributed by atoms with Gasteiger partial charge in [0.25, 0.3) is 0 Å². The number of benzene rings is 2. The van der Waals surface area contributed by atoms with Crippen molar-refractivity contribution in [2.75, 3.05) is 0 Å². The lowest BCUT2D eigenvalue weighted by Crippen LogP contribution is -2.23. The maximum absolute atomic E-state index is 13.3. The van der Waals surface area contributed by atoms with Crippen LogP contribution < -0.4 is 5.73 Å². The van der Waals surface area contributed by atoms with Crippen molar-refractivity contribution < 1.29 is 26.3 Å². The van der Waals surface area contributed by atoms with Crippen LogP contribution in [0.15, 0.2) is 59.2 Å². The van der Waals surface area contributed by atoms with E-state index in [0.717, 1.165) is 24.3 Å². The van der Waals surface area contributed by atoms with Crippen LogP contribution in [0.5, 0.6) is 0 Å². The van der Waals surface area contributed by atoms with E-state index in [9.17, 15) is 26.3 Å². The third-order valence-electron chi connectivity index (χ3n) is 4.57. The van der Waals surface area contributed by atoms with Crippen LogP contribution in [-0.4, -0.2) is 9.97 Å². The molecule has 3 rings (SSSR count). The summed E-state index contributed by atoms with van der Waals surface area (Å²) in [5.74, 6) is -1.05. The Balaban J connectivity index is 2.19. The number of hydrogen-bond donors (Lipinski definition) is 1. The molecule has 0 fully saturated rings. The van der Waals surface area contributed by atoms with Crippen molar-refractivity contribution in [2.24, 2.45) is 5.73 Å². The standard InChI is InChI=1S/C20H13BrClF6N3/c21-14-9-30-18(22)31-17(14)15(10-3-1-5-12(7-10)19(23,24)25)16(29)11-4-2-6-13(8-11)20(26,27)28/h1-9,15-16H,29H2. The first kappa shape index (κ1) is 23.5. The summed E-state index contributed by atoms with van der Waals surface area (Å²) < 4.78 is 79.6. The van der Waals surface area contributed by atoms with Crippen molar-refractivity contribution in [1.82, 2.24) is 9.97 Å². The molecule has 164 valence electrons. The SMILES string of the molecule is NC(c1cccc(C(F)(F)F)c1)C(c1cccc(C(F)(F)F)c1)c1nc(Cl)ncc1Br. The van der Waals surface area contributed by atoms with Crippen molar-refractivity contribution in [3.63, 3.8) is 0 Å². The molecule has 0 spiro atoms. The molecule has 2 unspecified atom stereocenters. The highest BCUT2D eigenvalue weighted by atomic mass is 79.9. The van der Waals surface area contributed by atoms with Gasteiger partial charge in [0, 0.05) is 18.2 Å². The van der Waals surface area contributed by atoms with Gasteiger partial charge in [-0.1, -0.05) is 30.3 Å². The van der Waals surface area contributed by atoms with Gasteiger partial charge >= 0.3 is 12.4 Å². The highest BCUT2D eigenvalue weighted by molar-refractivity contribution is 9.10. The third kappa shape index (κ3) is 5.36. The predicted octanol–water partition coefficient (Wildman–Crippen LogP) is 6.76. The molecule has 2 N–H and O–H groups in total. The molecule has 0 saturated carbocycles. The molecule has 3 nitrogen and oxygen atoms in total. The number of alkyl halides is 6. The molecule has 0 amide bonds. The summed E-state index contributed by atoms with van der Waals surface area (Å²) in [6, 6.07) is 7.50. The average molecular weight is 525 g/mol. The van der Waals surface area contributed by atoms with E-state index in [2.05, 4.69) is 25.9 Å². The van der Waals surface area contributed by atoms with Crippen LogP contribution in [0.25, 0.3) is 0 Å². The van der Waals surface area contributed by atoms with E-state index in [1.807, 2.05) is 0 Å². The van der Waals surface area contributed by atoms with E-state index in [-0.39, 0.29) is 22.1 Å². The fourth-order valence-electron chi connectivity index (χ4n) is 3.13. The largest absolute Gasteiger partial charge is 0.416 e. The van der Waals surface area contributed by atoms with Crippen molar-refractivity contribution in [3.05, 3.63) is 92.4 Å². The molecule has 0 aliphatic carbocycles. The van der Waals surface area contributed by atoms with Gasteiger partial charge in [-0.05, 0) is 56.9 Å². The quantitative estimate of drug-likeness (QED) is 0.303. The Morgan fingerprint density at radius 2 is 1.39 bits per heavy atom. The Hall–Kier alpha value is -2.17. The van der Waals surface area contributed by atoms with Gasteiger partial charge in [-0.25, -0.2) is 9.97 Å². The van der Waals surface area contributed by atoms with E-state index >= 15 is 0 Å². The first-order chi connectivity index (χ1) is 14.4. The molecule has 0 bridgehead atoms. The molecule has 31 heavy (non-hydrogen) atoms. The van der Waals surface area contributed by atoms with Gasteiger partial charge in [0.15, 0.2) is 0 Å². The van der Waals surface area contributed by atoms with Crippen LogP contribution in [0.4, 0.5) is 26.3 Å². The van der Waals surface area contributed by atoms with Crippen LogP contribution in [-0.2, 0) is 12.4 Å². The molecule has 3 aromatic rings. The first-order valence-corrected chi connectivity index (χ1v) is 9.83. The second-order valence-electron chi connectivity index (χ2n) is 6.62. The number of rotatable bonds is 4. The minimum Gasteiger partial charge on any atom is -0.323 e. The topological polar surface area (TPSA) is 51.8 Å². The fraction of sp³-hybridized carbons (Fsp3) is 0.200. The highest BCUT2D eigenvalue weighted by Crippen LogP contribution is 2.41. The summed E-state index contributed by atoms with van der Waals surface area (Å²) in [7, 11) is 0. The molecule has 0 saturated heterocycles. The maximum atomic E-state index is 13.3. The number of aromatic nitrogens is 2. The second-order valence-corrected chi connectivity index (χ2v) is 7.81. The zero-order valence-corrected chi connectivity index (χ0v) is 17.7. The Kier molecular flexibility index (Phi) is 6.64. The second kappa shape index (κ2) is 8.76. The maximum Gasteiger partial charge on any atom is 0.416 e. The number of nitrogens with two attached hydrogens (primary N) is 1. The summed E-state index contributed by atoms with van der Waals surface area (Å²) in [6.45, 7) is 0. The van der Waals surface area contributed by atoms with Crippen molar-refractivity contribution in [2.45, 2.75) is 24.3 Å². The number of nitrogens with zero attached hydrogens (tertiary/aromatic N) is 2. The molecule has 2 atom stereocenters. The Bertz CT molecular complexity index is 1090. The summed E-state index contributed by atoms with van der Waals surface area (Å²) in [6.07, 6.45) is -7.94. The zero-order chi connectivity index (χ0) is 23.0. The molecule has 11 heteroatoms. The molecule has 1 heterocycles. The van der Waals surface area contributed by atoms with E-state index < -0.39 is 35.4 Å². The molecule has 0 aliphatic heterocycles. The normalized spacial score (nSPS) is 14.4. The predicted molar refractivity (Wildman–Crippen MR) is 106 cm³/mol. The van der Waals surface area contributed by atoms with E-state index in [0.29, 0.717) is 4.47 Å². The monoisotopic (exact) mass is 523 g/mol. The Labute approximate surface area is 186 Å². The first-order valence-electron chi connectivity index (χ1n) is 8.65. The minimum atomic E-state index is -4.62. The van der Waals surface area contributed by atoms with Gasteiger partial charge < -0.3 is 5.73 Å². The molecule has 0 radical (unpaired) electrons. The van der Waals surface area contributed by atoms with Crippen LogP contribution in [0, 0.1) is 0 Å². The number of hydrogen-bond acceptors (Lipinski definition) is 3. The fourth-order valence-corrected chi connectivity index (χ4v) is 3.71. The zero-order valence-electron chi connectivity index (χ0n) is 15.3. The molecule has 1 aromatic heterocycles. The van der Waals surface area contributed by atoms with Gasteiger partial charge in [0.05, 0.1) is 21.3 Å². The van der Waals surface area contributed by atoms with Gasteiger partial charge in [0.1, 0.15) is 0 Å². The van der Waals surface area contributed by atoms with Crippen LogP contribution in [0.3, 0.4) is 0 Å². The average Bonchev–Trinajstić information content (AvgIpc) is 2.70. The van der Waals surface area contributed by atoms with Crippen LogP contribution in [0.1, 0.15) is 39.9 Å². The van der Waals surface area contributed by atoms with Crippen molar-refractivity contribution in [1.29, 1.82) is 0 Å². The minimum absolute atomic E-state index is 0.0684. The molecule has 2 aromatic carbocycles.